The van der Waals surface area contributed by atoms with Gasteiger partial charge < -0.3 is 14.8 Å². The minimum Gasteiger partial charge on any atom is -0.492 e. The molecular formula is C22H36N2O3. The Kier molecular flexibility index (Phi) is 8.58. The fourth-order valence-corrected chi connectivity index (χ4v) is 3.72. The Hall–Kier alpha value is -1.59. The van der Waals surface area contributed by atoms with Crippen molar-refractivity contribution in [2.24, 2.45) is 0 Å². The lowest BCUT2D eigenvalue weighted by atomic mass is 9.99. The summed E-state index contributed by atoms with van der Waals surface area (Å²) < 4.78 is 11.6. The zero-order valence-electron chi connectivity index (χ0n) is 17.4. The molecule has 5 nitrogen and oxygen atoms in total. The van der Waals surface area contributed by atoms with Crippen LogP contribution >= 0.6 is 0 Å². The van der Waals surface area contributed by atoms with Crippen molar-refractivity contribution in [2.45, 2.75) is 71.4 Å². The fourth-order valence-electron chi connectivity index (χ4n) is 3.72. The molecule has 27 heavy (non-hydrogen) atoms. The summed E-state index contributed by atoms with van der Waals surface area (Å²) >= 11 is 0. The number of likely N-dealkylation sites (tertiary alicyclic amines) is 1. The van der Waals surface area contributed by atoms with Crippen molar-refractivity contribution in [3.8, 4) is 5.75 Å². The Morgan fingerprint density at radius 1 is 1.26 bits per heavy atom. The third-order valence-corrected chi connectivity index (χ3v) is 5.37. The Morgan fingerprint density at radius 3 is 2.63 bits per heavy atom. The van der Waals surface area contributed by atoms with E-state index in [0.717, 1.165) is 24.4 Å². The quantitative estimate of drug-likeness (QED) is 0.654. The van der Waals surface area contributed by atoms with Gasteiger partial charge in [-0.15, -0.1) is 0 Å². The Labute approximate surface area is 164 Å². The van der Waals surface area contributed by atoms with Crippen molar-refractivity contribution in [1.82, 2.24) is 4.90 Å². The lowest BCUT2D eigenvalue weighted by molar-refractivity contribution is -0.139. The molecule has 0 aliphatic carbocycles. The molecule has 0 radical (unpaired) electrons. The first-order valence-electron chi connectivity index (χ1n) is 10.4. The van der Waals surface area contributed by atoms with E-state index < -0.39 is 5.60 Å². The second-order valence-electron chi connectivity index (χ2n) is 7.62. The topological polar surface area (TPSA) is 50.8 Å². The Balaban J connectivity index is 1.82. The maximum absolute atomic E-state index is 12.6. The van der Waals surface area contributed by atoms with E-state index in [1.807, 2.05) is 38.1 Å². The fraction of sp³-hybridized carbons (Fsp3) is 0.682. The summed E-state index contributed by atoms with van der Waals surface area (Å²) in [4.78, 5) is 15.1. The van der Waals surface area contributed by atoms with Crippen LogP contribution in [0.4, 0.5) is 5.69 Å². The molecule has 2 rings (SSSR count). The van der Waals surface area contributed by atoms with E-state index in [2.05, 4.69) is 24.1 Å². The largest absolute Gasteiger partial charge is 0.492 e. The standard InChI is InChI=1S/C22H36N2O3/c1-5-14-22(4,27-6-2)21(25)23-19-10-12-20(13-11-19)26-17-16-24-15-8-7-9-18(24)3/h10-13,18H,5-9,14-17H2,1-4H3,(H,23,25)/t18-,22-/m1/s1. The highest BCUT2D eigenvalue weighted by molar-refractivity contribution is 5.97. The minimum atomic E-state index is -0.788. The van der Waals surface area contributed by atoms with Crippen LogP contribution in [0.2, 0.25) is 0 Å². The van der Waals surface area contributed by atoms with Crippen LogP contribution in [0.1, 0.15) is 59.8 Å². The van der Waals surface area contributed by atoms with Gasteiger partial charge >= 0.3 is 0 Å². The molecule has 1 saturated heterocycles. The highest BCUT2D eigenvalue weighted by atomic mass is 16.5. The summed E-state index contributed by atoms with van der Waals surface area (Å²) in [7, 11) is 0. The third kappa shape index (κ3) is 6.51. The summed E-state index contributed by atoms with van der Waals surface area (Å²) in [6.45, 7) is 11.5. The molecule has 1 N–H and O–H groups in total. The lowest BCUT2D eigenvalue weighted by Crippen LogP contribution is -2.42. The van der Waals surface area contributed by atoms with Gasteiger partial charge in [-0.05, 0) is 70.8 Å². The molecule has 1 aliphatic rings. The van der Waals surface area contributed by atoms with E-state index in [1.165, 1.54) is 25.8 Å². The number of rotatable bonds is 10. The summed E-state index contributed by atoms with van der Waals surface area (Å²) in [5.74, 6) is 0.734. The summed E-state index contributed by atoms with van der Waals surface area (Å²) in [6, 6.07) is 8.24. The smallest absolute Gasteiger partial charge is 0.256 e. The van der Waals surface area contributed by atoms with E-state index in [4.69, 9.17) is 9.47 Å². The number of hydrogen-bond acceptors (Lipinski definition) is 4. The molecular weight excluding hydrogens is 340 g/mol. The molecule has 0 unspecified atom stereocenters. The highest BCUT2D eigenvalue weighted by Gasteiger charge is 2.32. The van der Waals surface area contributed by atoms with Gasteiger partial charge in [-0.1, -0.05) is 19.8 Å². The zero-order chi connectivity index (χ0) is 19.7. The Bertz CT molecular complexity index is 567. The van der Waals surface area contributed by atoms with Crippen molar-refractivity contribution in [3.63, 3.8) is 0 Å². The number of nitrogens with zero attached hydrogens (tertiary/aromatic N) is 1. The summed E-state index contributed by atoms with van der Waals surface area (Å²) in [5, 5.41) is 2.97. The van der Waals surface area contributed by atoms with Gasteiger partial charge in [-0.2, -0.15) is 0 Å². The second-order valence-corrected chi connectivity index (χ2v) is 7.62. The van der Waals surface area contributed by atoms with Crippen LogP contribution in [-0.2, 0) is 9.53 Å². The molecule has 1 fully saturated rings. The maximum atomic E-state index is 12.6. The van der Waals surface area contributed by atoms with Gasteiger partial charge in [-0.25, -0.2) is 0 Å². The number of anilines is 1. The van der Waals surface area contributed by atoms with Gasteiger partial charge in [0.2, 0.25) is 0 Å². The van der Waals surface area contributed by atoms with Crippen LogP contribution in [0.3, 0.4) is 0 Å². The molecule has 0 aromatic heterocycles. The molecule has 0 saturated carbocycles. The normalized spacial score (nSPS) is 20.1. The molecule has 1 aromatic rings. The van der Waals surface area contributed by atoms with Crippen molar-refractivity contribution in [3.05, 3.63) is 24.3 Å². The molecule has 1 aromatic carbocycles. The van der Waals surface area contributed by atoms with Crippen molar-refractivity contribution < 1.29 is 14.3 Å². The number of benzene rings is 1. The van der Waals surface area contributed by atoms with E-state index in [0.29, 0.717) is 25.7 Å². The van der Waals surface area contributed by atoms with Crippen LogP contribution in [0, 0.1) is 0 Å². The first-order chi connectivity index (χ1) is 13.0. The first kappa shape index (κ1) is 21.7. The number of hydrogen-bond donors (Lipinski definition) is 1. The number of carbonyl (C=O) groups is 1. The van der Waals surface area contributed by atoms with Crippen LogP contribution in [-0.4, -0.2) is 48.8 Å². The Morgan fingerprint density at radius 2 is 2.00 bits per heavy atom. The van der Waals surface area contributed by atoms with Gasteiger partial charge in [0.15, 0.2) is 0 Å². The van der Waals surface area contributed by atoms with Crippen molar-refractivity contribution >= 4 is 11.6 Å². The minimum absolute atomic E-state index is 0.0982. The summed E-state index contributed by atoms with van der Waals surface area (Å²) in [5.41, 5.74) is -0.0249. The molecule has 2 atom stereocenters. The van der Waals surface area contributed by atoms with Crippen LogP contribution < -0.4 is 10.1 Å². The first-order valence-corrected chi connectivity index (χ1v) is 10.4. The third-order valence-electron chi connectivity index (χ3n) is 5.37. The SMILES string of the molecule is CCC[C@@](C)(OCC)C(=O)Nc1ccc(OCCN2CCCC[C@H]2C)cc1. The van der Waals surface area contributed by atoms with E-state index in [-0.39, 0.29) is 5.91 Å². The van der Waals surface area contributed by atoms with E-state index in [9.17, 15) is 4.79 Å². The predicted octanol–water partition coefficient (Wildman–Crippen LogP) is 4.47. The molecule has 152 valence electrons. The van der Waals surface area contributed by atoms with Gasteiger partial charge in [0.25, 0.3) is 5.91 Å². The van der Waals surface area contributed by atoms with Gasteiger partial charge in [0.1, 0.15) is 18.0 Å². The van der Waals surface area contributed by atoms with Crippen molar-refractivity contribution in [1.29, 1.82) is 0 Å². The number of nitrogens with one attached hydrogen (secondary N) is 1. The average Bonchev–Trinajstić information content (AvgIpc) is 2.65. The molecule has 0 spiro atoms. The lowest BCUT2D eigenvalue weighted by Gasteiger charge is -2.33. The molecule has 1 heterocycles. The molecule has 1 amide bonds. The predicted molar refractivity (Wildman–Crippen MR) is 110 cm³/mol. The van der Waals surface area contributed by atoms with Crippen LogP contribution in [0.15, 0.2) is 24.3 Å². The number of carbonyl (C=O) groups excluding carboxylic acids is 1. The van der Waals surface area contributed by atoms with Gasteiger partial charge in [-0.3, -0.25) is 9.69 Å². The van der Waals surface area contributed by atoms with Crippen LogP contribution in [0.25, 0.3) is 0 Å². The number of amides is 1. The van der Waals surface area contributed by atoms with Gasteiger partial charge in [0, 0.05) is 24.9 Å². The van der Waals surface area contributed by atoms with E-state index >= 15 is 0 Å². The second kappa shape index (κ2) is 10.7. The number of ether oxygens (including phenoxy) is 2. The average molecular weight is 377 g/mol. The van der Waals surface area contributed by atoms with Crippen molar-refractivity contribution in [2.75, 3.05) is 31.6 Å². The van der Waals surface area contributed by atoms with Gasteiger partial charge in [0.05, 0.1) is 0 Å². The highest BCUT2D eigenvalue weighted by Crippen LogP contribution is 2.22. The summed E-state index contributed by atoms with van der Waals surface area (Å²) in [6.07, 6.45) is 5.51. The zero-order valence-corrected chi connectivity index (χ0v) is 17.4. The number of piperidine rings is 1. The molecule has 0 bridgehead atoms. The van der Waals surface area contributed by atoms with E-state index in [1.54, 1.807) is 0 Å². The molecule has 1 aliphatic heterocycles. The molecule has 5 heteroatoms. The maximum Gasteiger partial charge on any atom is 0.256 e. The monoisotopic (exact) mass is 376 g/mol. The van der Waals surface area contributed by atoms with Crippen LogP contribution in [0.5, 0.6) is 5.75 Å².